The molecule has 0 saturated carbocycles. The molecule has 4 rings (SSSR count). The zero-order chi connectivity index (χ0) is 15.8. The van der Waals surface area contributed by atoms with Crippen LogP contribution in [0.1, 0.15) is 27.3 Å². The first-order chi connectivity index (χ1) is 11.2. The first kappa shape index (κ1) is 14.8. The van der Waals surface area contributed by atoms with E-state index in [-0.39, 0.29) is 0 Å². The summed E-state index contributed by atoms with van der Waals surface area (Å²) < 4.78 is 5.23. The van der Waals surface area contributed by atoms with Crippen LogP contribution in [0.5, 0.6) is 0 Å². The van der Waals surface area contributed by atoms with Gasteiger partial charge in [-0.1, -0.05) is 18.2 Å². The minimum absolute atomic E-state index is 0.404. The number of nitrogens with one attached hydrogen (secondary N) is 1. The average molecular weight is 329 g/mol. The number of rotatable bonds is 4. The molecule has 2 heterocycles. The van der Waals surface area contributed by atoms with Gasteiger partial charge in [-0.2, -0.15) is 0 Å². The van der Waals surface area contributed by atoms with Crippen molar-refractivity contribution < 1.29 is 9.53 Å². The Morgan fingerprint density at radius 2 is 2.13 bits per heavy atom. The molecule has 2 aromatic rings. The van der Waals surface area contributed by atoms with Gasteiger partial charge >= 0.3 is 0 Å². The van der Waals surface area contributed by atoms with Crippen LogP contribution in [0.3, 0.4) is 0 Å². The first-order valence-corrected chi connectivity index (χ1v) is 8.74. The lowest BCUT2D eigenvalue weighted by Crippen LogP contribution is -2.51. The lowest BCUT2D eigenvalue weighted by molar-refractivity contribution is -0.0106. The molecule has 1 atom stereocenters. The normalized spacial score (nSPS) is 20.8. The van der Waals surface area contributed by atoms with Crippen LogP contribution in [-0.4, -0.2) is 36.2 Å². The third-order valence-electron chi connectivity index (χ3n) is 4.47. The van der Waals surface area contributed by atoms with E-state index in [2.05, 4.69) is 5.32 Å². The summed E-state index contributed by atoms with van der Waals surface area (Å²) in [7, 11) is 0. The molecule has 1 aromatic heterocycles. The van der Waals surface area contributed by atoms with E-state index in [9.17, 15) is 4.79 Å². The average Bonchev–Trinajstić information content (AvgIpc) is 2.94. The second kappa shape index (κ2) is 6.03. The van der Waals surface area contributed by atoms with E-state index in [1.807, 2.05) is 18.2 Å². The number of carbonyl (C=O) groups is 1. The molecule has 2 aliphatic rings. The van der Waals surface area contributed by atoms with Crippen LogP contribution in [0.4, 0.5) is 0 Å². The van der Waals surface area contributed by atoms with Crippen molar-refractivity contribution >= 4 is 17.2 Å². The molecule has 1 aromatic carbocycles. The Morgan fingerprint density at radius 3 is 2.87 bits per heavy atom. The summed E-state index contributed by atoms with van der Waals surface area (Å²) in [5.74, 6) is -0.404. The molecule has 23 heavy (non-hydrogen) atoms. The number of nitrogens with zero attached hydrogens (tertiary/aromatic N) is 1. The molecule has 1 aliphatic carbocycles. The van der Waals surface area contributed by atoms with Crippen molar-refractivity contribution in [2.75, 3.05) is 13.2 Å². The number of thiazole rings is 1. The predicted molar refractivity (Wildman–Crippen MR) is 89.6 cm³/mol. The van der Waals surface area contributed by atoms with Gasteiger partial charge in [0.2, 0.25) is 5.91 Å². The van der Waals surface area contributed by atoms with Gasteiger partial charge in [-0.15, -0.1) is 11.3 Å². The van der Waals surface area contributed by atoms with E-state index in [1.54, 1.807) is 17.4 Å². The van der Waals surface area contributed by atoms with Gasteiger partial charge in [0.05, 0.1) is 24.9 Å². The number of primary amides is 1. The number of hydrogen-bond acceptors (Lipinski definition) is 5. The summed E-state index contributed by atoms with van der Waals surface area (Å²) in [6.45, 7) is 1.65. The van der Waals surface area contributed by atoms with Crippen LogP contribution in [0, 0.1) is 0 Å². The Kier molecular flexibility index (Phi) is 3.88. The molecule has 1 amide bonds. The Bertz CT molecular complexity index is 739. The minimum Gasteiger partial charge on any atom is -0.378 e. The topological polar surface area (TPSA) is 77.2 Å². The minimum atomic E-state index is -0.404. The molecule has 120 valence electrons. The standard InChI is InChI=1S/C17H19N3O2S/c18-16(21)12-3-1-2-4-13(12)17-20-14-6-5-10(7-15(14)23-17)19-11-8-22-9-11/h1-4,10-11,19H,5-9H2,(H2,18,21). The number of hydrogen-bond donors (Lipinski definition) is 2. The van der Waals surface area contributed by atoms with Crippen molar-refractivity contribution in [2.24, 2.45) is 5.73 Å². The van der Waals surface area contributed by atoms with Crippen LogP contribution in [0.2, 0.25) is 0 Å². The number of benzene rings is 1. The highest BCUT2D eigenvalue weighted by atomic mass is 32.1. The molecular weight excluding hydrogens is 310 g/mol. The maximum absolute atomic E-state index is 11.6. The van der Waals surface area contributed by atoms with Gasteiger partial charge in [0.15, 0.2) is 0 Å². The Labute approximate surface area is 138 Å². The third-order valence-corrected chi connectivity index (χ3v) is 5.63. The molecule has 1 saturated heterocycles. The van der Waals surface area contributed by atoms with Gasteiger partial charge < -0.3 is 15.8 Å². The molecule has 1 fully saturated rings. The van der Waals surface area contributed by atoms with Crippen LogP contribution >= 0.6 is 11.3 Å². The zero-order valence-corrected chi connectivity index (χ0v) is 13.6. The van der Waals surface area contributed by atoms with E-state index in [0.717, 1.165) is 43.0 Å². The smallest absolute Gasteiger partial charge is 0.249 e. The highest BCUT2D eigenvalue weighted by Gasteiger charge is 2.27. The number of aromatic nitrogens is 1. The maximum Gasteiger partial charge on any atom is 0.249 e. The maximum atomic E-state index is 11.6. The van der Waals surface area contributed by atoms with Crippen molar-refractivity contribution in [3.05, 3.63) is 40.4 Å². The second-order valence-electron chi connectivity index (χ2n) is 6.14. The van der Waals surface area contributed by atoms with E-state index < -0.39 is 5.91 Å². The monoisotopic (exact) mass is 329 g/mol. The predicted octanol–water partition coefficient (Wildman–Crippen LogP) is 1.75. The van der Waals surface area contributed by atoms with Crippen molar-refractivity contribution in [3.8, 4) is 10.6 Å². The Morgan fingerprint density at radius 1 is 1.30 bits per heavy atom. The Hall–Kier alpha value is -1.76. The number of nitrogens with two attached hydrogens (primary N) is 1. The van der Waals surface area contributed by atoms with Gasteiger partial charge in [-0.3, -0.25) is 4.79 Å². The molecule has 5 nitrogen and oxygen atoms in total. The van der Waals surface area contributed by atoms with Gasteiger partial charge in [-0.05, 0) is 25.3 Å². The molecule has 0 radical (unpaired) electrons. The van der Waals surface area contributed by atoms with Gasteiger partial charge in [-0.25, -0.2) is 4.98 Å². The molecule has 3 N–H and O–H groups in total. The molecule has 6 heteroatoms. The largest absolute Gasteiger partial charge is 0.378 e. The van der Waals surface area contributed by atoms with Crippen molar-refractivity contribution in [3.63, 3.8) is 0 Å². The number of carbonyl (C=O) groups excluding carboxylic acids is 1. The number of amides is 1. The first-order valence-electron chi connectivity index (χ1n) is 7.92. The van der Waals surface area contributed by atoms with Crippen molar-refractivity contribution in [1.82, 2.24) is 10.3 Å². The fourth-order valence-corrected chi connectivity index (χ4v) is 4.41. The van der Waals surface area contributed by atoms with Gasteiger partial charge in [0, 0.05) is 22.0 Å². The fourth-order valence-electron chi connectivity index (χ4n) is 3.18. The summed E-state index contributed by atoms with van der Waals surface area (Å²) in [5, 5.41) is 4.55. The molecule has 1 aliphatic heterocycles. The lowest BCUT2D eigenvalue weighted by Gasteiger charge is -2.33. The summed E-state index contributed by atoms with van der Waals surface area (Å²) in [5.41, 5.74) is 8.05. The number of aryl methyl sites for hydroxylation is 1. The van der Waals surface area contributed by atoms with Crippen molar-refractivity contribution in [2.45, 2.75) is 31.3 Å². The summed E-state index contributed by atoms with van der Waals surface area (Å²) in [4.78, 5) is 17.7. The number of fused-ring (bicyclic) bond motifs is 1. The van der Waals surface area contributed by atoms with E-state index in [1.165, 1.54) is 10.6 Å². The zero-order valence-electron chi connectivity index (χ0n) is 12.7. The van der Waals surface area contributed by atoms with Crippen LogP contribution in [0.15, 0.2) is 24.3 Å². The summed E-state index contributed by atoms with van der Waals surface area (Å²) >= 11 is 1.69. The summed E-state index contributed by atoms with van der Waals surface area (Å²) in [6, 6.07) is 8.44. The quantitative estimate of drug-likeness (QED) is 0.896. The Balaban J connectivity index is 1.58. The van der Waals surface area contributed by atoms with Crippen molar-refractivity contribution in [1.29, 1.82) is 0 Å². The van der Waals surface area contributed by atoms with E-state index in [4.69, 9.17) is 15.5 Å². The lowest BCUT2D eigenvalue weighted by atomic mass is 9.96. The van der Waals surface area contributed by atoms with E-state index in [0.29, 0.717) is 17.6 Å². The highest BCUT2D eigenvalue weighted by Crippen LogP contribution is 2.34. The second-order valence-corrected chi connectivity index (χ2v) is 7.22. The van der Waals surface area contributed by atoms with E-state index >= 15 is 0 Å². The van der Waals surface area contributed by atoms with Crippen LogP contribution in [-0.2, 0) is 17.6 Å². The molecular formula is C17H19N3O2S. The van der Waals surface area contributed by atoms with Crippen LogP contribution in [0.25, 0.3) is 10.6 Å². The van der Waals surface area contributed by atoms with Gasteiger partial charge in [0.1, 0.15) is 5.01 Å². The molecule has 0 bridgehead atoms. The van der Waals surface area contributed by atoms with Crippen LogP contribution < -0.4 is 11.1 Å². The third kappa shape index (κ3) is 2.89. The van der Waals surface area contributed by atoms with Gasteiger partial charge in [0.25, 0.3) is 0 Å². The SMILES string of the molecule is NC(=O)c1ccccc1-c1nc2c(s1)CC(NC1COC1)CC2. The fraction of sp³-hybridized carbons (Fsp3) is 0.412. The number of ether oxygens (including phenoxy) is 1. The molecule has 1 unspecified atom stereocenters. The molecule has 0 spiro atoms. The summed E-state index contributed by atoms with van der Waals surface area (Å²) in [6.07, 6.45) is 3.09. The highest BCUT2D eigenvalue weighted by molar-refractivity contribution is 7.15.